The maximum absolute atomic E-state index is 5.55. The standard InChI is InChI=1S/C16H14O2S4Se/c19-15(17-11-13-7-3-1-4-8-13)21-23-22-16(20)18-12-14-9-5-2-6-10-14/h1-10H,11-12H2. The Morgan fingerprint density at radius 3 is 1.52 bits per heavy atom. The van der Waals surface area contributed by atoms with Crippen LogP contribution in [0.25, 0.3) is 0 Å². The fourth-order valence-corrected chi connectivity index (χ4v) is 8.41. The van der Waals surface area contributed by atoms with Crippen LogP contribution < -0.4 is 0 Å². The van der Waals surface area contributed by atoms with E-state index in [2.05, 4.69) is 0 Å². The number of hydrogen-bond acceptors (Lipinski definition) is 6. The minimum absolute atomic E-state index is 0.113. The number of hydrogen-bond donors (Lipinski definition) is 0. The van der Waals surface area contributed by atoms with Crippen LogP contribution in [-0.4, -0.2) is 21.5 Å². The first kappa shape index (κ1) is 18.8. The summed E-state index contributed by atoms with van der Waals surface area (Å²) in [5.41, 5.74) is 2.22. The van der Waals surface area contributed by atoms with Crippen molar-refractivity contribution >= 4 is 66.3 Å². The second kappa shape index (κ2) is 11.1. The molecule has 0 aliphatic carbocycles. The Morgan fingerprint density at radius 1 is 0.739 bits per heavy atom. The molecule has 2 nitrogen and oxygen atoms in total. The zero-order valence-corrected chi connectivity index (χ0v) is 17.0. The Bertz CT molecular complexity index is 567. The molecule has 0 amide bonds. The van der Waals surface area contributed by atoms with E-state index in [1.807, 2.05) is 60.7 Å². The van der Waals surface area contributed by atoms with E-state index in [1.54, 1.807) is 0 Å². The fraction of sp³-hybridized carbons (Fsp3) is 0.125. The number of rotatable bonds is 6. The first-order valence-electron chi connectivity index (χ1n) is 6.66. The molecule has 0 unspecified atom stereocenters. The zero-order valence-electron chi connectivity index (χ0n) is 12.0. The zero-order chi connectivity index (χ0) is 16.3. The van der Waals surface area contributed by atoms with Crippen LogP contribution in [0.4, 0.5) is 0 Å². The molecule has 0 aromatic heterocycles. The van der Waals surface area contributed by atoms with Crippen molar-refractivity contribution in [1.29, 1.82) is 0 Å². The Kier molecular flexibility index (Phi) is 9.04. The molecule has 0 saturated carbocycles. The molecule has 0 spiro atoms. The summed E-state index contributed by atoms with van der Waals surface area (Å²) >= 11 is 10.5. The molecular weight excluding hydrogens is 431 g/mol. The van der Waals surface area contributed by atoms with Gasteiger partial charge in [-0.25, -0.2) is 0 Å². The van der Waals surface area contributed by atoms with Gasteiger partial charge in [-0.15, -0.1) is 0 Å². The van der Waals surface area contributed by atoms with E-state index in [1.165, 1.54) is 20.4 Å². The van der Waals surface area contributed by atoms with Crippen LogP contribution in [0.15, 0.2) is 60.7 Å². The molecule has 0 radical (unpaired) electrons. The summed E-state index contributed by atoms with van der Waals surface area (Å²) < 4.78 is 12.2. The molecule has 23 heavy (non-hydrogen) atoms. The molecule has 0 fully saturated rings. The second-order valence-corrected chi connectivity index (χ2v) is 11.8. The normalized spacial score (nSPS) is 10.1. The van der Waals surface area contributed by atoms with Crippen molar-refractivity contribution < 1.29 is 9.47 Å². The van der Waals surface area contributed by atoms with Crippen LogP contribution in [0.5, 0.6) is 0 Å². The number of thiocarbonyl (C=S) groups is 2. The first-order valence-corrected chi connectivity index (χ1v) is 13.2. The van der Waals surface area contributed by atoms with Crippen molar-refractivity contribution in [3.63, 3.8) is 0 Å². The molecule has 0 aliphatic rings. The van der Waals surface area contributed by atoms with Gasteiger partial charge in [0.05, 0.1) is 0 Å². The van der Waals surface area contributed by atoms with Gasteiger partial charge in [0.1, 0.15) is 0 Å². The van der Waals surface area contributed by atoms with E-state index in [4.69, 9.17) is 33.9 Å². The van der Waals surface area contributed by atoms with E-state index in [0.29, 0.717) is 22.0 Å². The van der Waals surface area contributed by atoms with E-state index < -0.39 is 0 Å². The van der Waals surface area contributed by atoms with Gasteiger partial charge in [-0.05, 0) is 0 Å². The summed E-state index contributed by atoms with van der Waals surface area (Å²) in [7, 11) is 3.03. The van der Waals surface area contributed by atoms with Crippen LogP contribution in [-0.2, 0) is 22.7 Å². The van der Waals surface area contributed by atoms with Gasteiger partial charge in [0, 0.05) is 0 Å². The van der Waals surface area contributed by atoms with Crippen molar-refractivity contribution in [1.82, 2.24) is 0 Å². The van der Waals surface area contributed by atoms with E-state index in [9.17, 15) is 0 Å². The summed E-state index contributed by atoms with van der Waals surface area (Å²) in [6.07, 6.45) is 0. The van der Waals surface area contributed by atoms with Gasteiger partial charge in [0.25, 0.3) is 0 Å². The van der Waals surface area contributed by atoms with Gasteiger partial charge in [0.2, 0.25) is 0 Å². The monoisotopic (exact) mass is 446 g/mol. The maximum atomic E-state index is 5.55. The van der Waals surface area contributed by atoms with Crippen molar-refractivity contribution in [3.05, 3.63) is 71.8 Å². The quantitative estimate of drug-likeness (QED) is 0.457. The van der Waals surface area contributed by atoms with E-state index in [-0.39, 0.29) is 12.7 Å². The molecule has 0 aliphatic heterocycles. The Balaban J connectivity index is 1.57. The molecule has 7 heteroatoms. The molecule has 0 saturated heterocycles. The molecule has 0 bridgehead atoms. The van der Waals surface area contributed by atoms with E-state index >= 15 is 0 Å². The summed E-state index contributed by atoms with van der Waals surface area (Å²) in [4.78, 5) is 0. The van der Waals surface area contributed by atoms with Gasteiger partial charge < -0.3 is 0 Å². The average Bonchev–Trinajstić information content (AvgIpc) is 2.60. The first-order chi connectivity index (χ1) is 11.2. The fourth-order valence-electron chi connectivity index (χ4n) is 1.55. The van der Waals surface area contributed by atoms with Crippen molar-refractivity contribution in [2.45, 2.75) is 13.2 Å². The van der Waals surface area contributed by atoms with Crippen molar-refractivity contribution in [3.8, 4) is 0 Å². The summed E-state index contributed by atoms with van der Waals surface area (Å²) in [6, 6.07) is 19.9. The minimum atomic E-state index is 0.113. The van der Waals surface area contributed by atoms with Crippen LogP contribution in [0, 0.1) is 0 Å². The van der Waals surface area contributed by atoms with Gasteiger partial charge in [-0.1, -0.05) is 0 Å². The van der Waals surface area contributed by atoms with Crippen molar-refractivity contribution in [2.75, 3.05) is 0 Å². The number of ether oxygens (including phenoxy) is 2. The van der Waals surface area contributed by atoms with Gasteiger partial charge in [-0.2, -0.15) is 0 Å². The second-order valence-electron chi connectivity index (χ2n) is 4.28. The third-order valence-corrected chi connectivity index (χ3v) is 10.3. The van der Waals surface area contributed by atoms with Crippen molar-refractivity contribution in [2.24, 2.45) is 0 Å². The van der Waals surface area contributed by atoms with Gasteiger partial charge >= 0.3 is 161 Å². The van der Waals surface area contributed by atoms with Crippen LogP contribution in [0.3, 0.4) is 0 Å². The molecule has 0 N–H and O–H groups in total. The molecule has 0 atom stereocenters. The Labute approximate surface area is 160 Å². The number of benzene rings is 2. The third-order valence-electron chi connectivity index (χ3n) is 2.60. The summed E-state index contributed by atoms with van der Waals surface area (Å²) in [5, 5.41) is 0. The summed E-state index contributed by atoms with van der Waals surface area (Å²) in [5.74, 6) is 0. The van der Waals surface area contributed by atoms with Gasteiger partial charge in [-0.3, -0.25) is 0 Å². The predicted molar refractivity (Wildman–Crippen MR) is 109 cm³/mol. The van der Waals surface area contributed by atoms with Gasteiger partial charge in [0.15, 0.2) is 0 Å². The molecular formula is C16H14O2S4Se. The Hall–Kier alpha value is -0.561. The molecule has 2 aromatic carbocycles. The SMILES string of the molecule is S=C(OCc1ccccc1)S[Se]SC(=S)OCc1ccccc1. The predicted octanol–water partition coefficient (Wildman–Crippen LogP) is 4.99. The van der Waals surface area contributed by atoms with Crippen LogP contribution in [0.1, 0.15) is 11.1 Å². The Morgan fingerprint density at radius 2 is 1.13 bits per heavy atom. The molecule has 2 aromatic rings. The average molecular weight is 446 g/mol. The molecule has 2 rings (SSSR count). The molecule has 0 heterocycles. The topological polar surface area (TPSA) is 18.5 Å². The van der Waals surface area contributed by atoms with E-state index in [0.717, 1.165) is 11.1 Å². The molecule has 120 valence electrons. The van der Waals surface area contributed by atoms with Crippen LogP contribution in [0.2, 0.25) is 0 Å². The van der Waals surface area contributed by atoms with Crippen LogP contribution >= 0.6 is 44.8 Å². The summed E-state index contributed by atoms with van der Waals surface area (Å²) in [6.45, 7) is 1.00. The third kappa shape index (κ3) is 8.20.